The molecule has 0 spiro atoms. The van der Waals surface area contributed by atoms with Gasteiger partial charge in [0, 0.05) is 19.8 Å². The first-order valence-corrected chi connectivity index (χ1v) is 6.86. The van der Waals surface area contributed by atoms with Gasteiger partial charge in [-0.2, -0.15) is 0 Å². The Bertz CT molecular complexity index is 553. The van der Waals surface area contributed by atoms with Crippen molar-refractivity contribution in [1.82, 2.24) is 0 Å². The van der Waals surface area contributed by atoms with E-state index in [4.69, 9.17) is 23.2 Å². The van der Waals surface area contributed by atoms with Crippen LogP contribution in [-0.2, 0) is 0 Å². The molecule has 0 saturated carbocycles. The van der Waals surface area contributed by atoms with Crippen molar-refractivity contribution in [3.8, 4) is 0 Å². The Morgan fingerprint density at radius 1 is 0.722 bits per heavy atom. The predicted octanol–water partition coefficient (Wildman–Crippen LogP) is 5.74. The van der Waals surface area contributed by atoms with Gasteiger partial charge in [0.2, 0.25) is 0 Å². The zero-order valence-electron chi connectivity index (χ0n) is 9.27. The number of hydrogen-bond acceptors (Lipinski definition) is 2. The predicted molar refractivity (Wildman–Crippen MR) is 86.3 cm³/mol. The fraction of sp³-hybridized carbons (Fsp3) is 0. The van der Waals surface area contributed by atoms with Crippen LogP contribution in [0.25, 0.3) is 12.2 Å². The van der Waals surface area contributed by atoms with Crippen LogP contribution in [0.4, 0.5) is 0 Å². The summed E-state index contributed by atoms with van der Waals surface area (Å²) < 4.78 is 0. The van der Waals surface area contributed by atoms with Crippen molar-refractivity contribution in [1.29, 1.82) is 0 Å². The first-order valence-electron chi connectivity index (χ1n) is 5.21. The summed E-state index contributed by atoms with van der Waals surface area (Å²) in [5.74, 6) is 0. The molecule has 0 aliphatic rings. The largest absolute Gasteiger partial charge is 0.143 e. The van der Waals surface area contributed by atoms with Crippen molar-refractivity contribution in [2.24, 2.45) is 0 Å². The lowest BCUT2D eigenvalue weighted by Gasteiger charge is -2.02. The van der Waals surface area contributed by atoms with Crippen LogP contribution in [-0.4, -0.2) is 0 Å². The van der Waals surface area contributed by atoms with E-state index in [2.05, 4.69) is 25.3 Å². The molecule has 0 heterocycles. The maximum Gasteiger partial charge on any atom is 0.0417 e. The van der Waals surface area contributed by atoms with E-state index in [1.807, 2.05) is 48.6 Å². The van der Waals surface area contributed by atoms with Gasteiger partial charge in [-0.3, -0.25) is 0 Å². The minimum atomic E-state index is 0.679. The van der Waals surface area contributed by atoms with Crippen LogP contribution >= 0.6 is 48.5 Å². The van der Waals surface area contributed by atoms with Crippen molar-refractivity contribution in [2.45, 2.75) is 9.79 Å². The normalized spacial score (nSPS) is 11.1. The highest BCUT2D eigenvalue weighted by molar-refractivity contribution is 7.80. The second-order valence-electron chi connectivity index (χ2n) is 3.74. The average Bonchev–Trinajstić information content (AvgIpc) is 2.30. The molecule has 0 aliphatic heterocycles. The minimum absolute atomic E-state index is 0.679. The van der Waals surface area contributed by atoms with E-state index in [1.165, 1.54) is 0 Å². The molecule has 92 valence electrons. The van der Waals surface area contributed by atoms with E-state index in [9.17, 15) is 0 Å². The van der Waals surface area contributed by atoms with Gasteiger partial charge in [-0.05, 0) is 35.4 Å². The van der Waals surface area contributed by atoms with E-state index >= 15 is 0 Å². The Hall–Kier alpha value is -0.540. The molecular weight excluding hydrogens is 303 g/mol. The van der Waals surface area contributed by atoms with Crippen molar-refractivity contribution >= 4 is 60.6 Å². The molecule has 0 aromatic heterocycles. The monoisotopic (exact) mass is 312 g/mol. The summed E-state index contributed by atoms with van der Waals surface area (Å²) in [6.45, 7) is 0. The summed E-state index contributed by atoms with van der Waals surface area (Å²) in [6.07, 6.45) is 3.95. The molecule has 18 heavy (non-hydrogen) atoms. The second-order valence-corrected chi connectivity index (χ2v) is 5.58. The van der Waals surface area contributed by atoms with Crippen LogP contribution in [0.2, 0.25) is 10.0 Å². The van der Waals surface area contributed by atoms with Gasteiger partial charge in [0.15, 0.2) is 0 Å². The van der Waals surface area contributed by atoms with Crippen LogP contribution in [0, 0.1) is 0 Å². The van der Waals surface area contributed by atoms with Crippen LogP contribution < -0.4 is 0 Å². The number of rotatable bonds is 2. The Balaban J connectivity index is 2.30. The first kappa shape index (κ1) is 13.9. The summed E-state index contributed by atoms with van der Waals surface area (Å²) in [5.41, 5.74) is 2.01. The van der Waals surface area contributed by atoms with E-state index in [1.54, 1.807) is 0 Å². The molecule has 0 aliphatic carbocycles. The van der Waals surface area contributed by atoms with Crippen LogP contribution in [0.15, 0.2) is 46.2 Å². The van der Waals surface area contributed by atoms with Gasteiger partial charge in [0.1, 0.15) is 0 Å². The molecule has 0 fully saturated rings. The number of hydrogen-bond donors (Lipinski definition) is 2. The minimum Gasteiger partial charge on any atom is -0.143 e. The maximum absolute atomic E-state index is 5.88. The number of thiol groups is 2. The van der Waals surface area contributed by atoms with Gasteiger partial charge in [0.25, 0.3) is 0 Å². The molecule has 0 saturated heterocycles. The molecule has 0 nitrogen and oxygen atoms in total. The van der Waals surface area contributed by atoms with Crippen LogP contribution in [0.5, 0.6) is 0 Å². The first-order chi connectivity index (χ1) is 8.56. The molecule has 4 heteroatoms. The van der Waals surface area contributed by atoms with Crippen molar-refractivity contribution in [2.75, 3.05) is 0 Å². The highest BCUT2D eigenvalue weighted by Gasteiger charge is 1.98. The Morgan fingerprint density at radius 3 is 1.44 bits per heavy atom. The number of benzene rings is 2. The molecule has 2 rings (SSSR count). The molecule has 0 unspecified atom stereocenters. The summed E-state index contributed by atoms with van der Waals surface area (Å²) in [6, 6.07) is 11.2. The SMILES string of the molecule is Sc1cc(Cl)ccc1/C=C/c1ccc(Cl)cc1S. The van der Waals surface area contributed by atoms with Gasteiger partial charge >= 0.3 is 0 Å². The summed E-state index contributed by atoms with van der Waals surface area (Å²) in [5, 5.41) is 1.36. The van der Waals surface area contributed by atoms with Crippen LogP contribution in [0.1, 0.15) is 11.1 Å². The van der Waals surface area contributed by atoms with Crippen molar-refractivity contribution < 1.29 is 0 Å². The van der Waals surface area contributed by atoms with Crippen LogP contribution in [0.3, 0.4) is 0 Å². The molecule has 0 atom stereocenters. The van der Waals surface area contributed by atoms with E-state index in [0.717, 1.165) is 20.9 Å². The maximum atomic E-state index is 5.88. The molecule has 0 N–H and O–H groups in total. The molecule has 0 radical (unpaired) electrons. The standard InChI is InChI=1S/C14H10Cl2S2/c15-11-5-3-9(13(17)7-11)1-2-10-4-6-12(16)8-14(10)18/h1-8,17-18H/b2-1+. The Morgan fingerprint density at radius 2 is 1.11 bits per heavy atom. The second kappa shape index (κ2) is 6.07. The van der Waals surface area contributed by atoms with E-state index < -0.39 is 0 Å². The fourth-order valence-corrected chi connectivity index (χ4v) is 2.57. The van der Waals surface area contributed by atoms with Gasteiger partial charge in [-0.1, -0.05) is 47.5 Å². The summed E-state index contributed by atoms with van der Waals surface area (Å²) in [4.78, 5) is 1.68. The highest BCUT2D eigenvalue weighted by Crippen LogP contribution is 2.24. The quantitative estimate of drug-likeness (QED) is 0.512. The Labute approximate surface area is 127 Å². The third-order valence-corrected chi connectivity index (χ3v) is 3.67. The highest BCUT2D eigenvalue weighted by atomic mass is 35.5. The molecular formula is C14H10Cl2S2. The van der Waals surface area contributed by atoms with E-state index in [0.29, 0.717) is 10.0 Å². The molecule has 2 aromatic rings. The lowest BCUT2D eigenvalue weighted by Crippen LogP contribution is -1.78. The lowest BCUT2D eigenvalue weighted by atomic mass is 10.1. The lowest BCUT2D eigenvalue weighted by molar-refractivity contribution is 1.42. The zero-order valence-corrected chi connectivity index (χ0v) is 12.6. The third-order valence-electron chi connectivity index (χ3n) is 2.43. The smallest absolute Gasteiger partial charge is 0.0417 e. The fourth-order valence-electron chi connectivity index (χ4n) is 1.50. The van der Waals surface area contributed by atoms with Gasteiger partial charge in [-0.15, -0.1) is 25.3 Å². The molecule has 0 bridgehead atoms. The summed E-state index contributed by atoms with van der Waals surface area (Å²) >= 11 is 20.5. The topological polar surface area (TPSA) is 0 Å². The van der Waals surface area contributed by atoms with E-state index in [-0.39, 0.29) is 0 Å². The van der Waals surface area contributed by atoms with Crippen molar-refractivity contribution in [3.05, 3.63) is 57.6 Å². The molecule has 0 amide bonds. The average molecular weight is 313 g/mol. The summed E-state index contributed by atoms with van der Waals surface area (Å²) in [7, 11) is 0. The third kappa shape index (κ3) is 3.48. The van der Waals surface area contributed by atoms with Gasteiger partial charge in [-0.25, -0.2) is 0 Å². The van der Waals surface area contributed by atoms with Crippen molar-refractivity contribution in [3.63, 3.8) is 0 Å². The van der Waals surface area contributed by atoms with Gasteiger partial charge < -0.3 is 0 Å². The zero-order chi connectivity index (χ0) is 13.1. The Kier molecular flexibility index (Phi) is 4.68. The number of halogens is 2. The molecule has 2 aromatic carbocycles. The van der Waals surface area contributed by atoms with Gasteiger partial charge in [0.05, 0.1) is 0 Å².